The van der Waals surface area contributed by atoms with Crippen LogP contribution < -0.4 is 0 Å². The van der Waals surface area contributed by atoms with Crippen LogP contribution in [-0.2, 0) is 9.47 Å². The first-order valence-electron chi connectivity index (χ1n) is 6.96. The van der Waals surface area contributed by atoms with Gasteiger partial charge in [-0.25, -0.2) is 0 Å². The van der Waals surface area contributed by atoms with E-state index in [2.05, 4.69) is 28.8 Å². The molecule has 0 aromatic heterocycles. The lowest BCUT2D eigenvalue weighted by molar-refractivity contribution is -0.0828. The van der Waals surface area contributed by atoms with E-state index in [1.54, 1.807) is 6.08 Å². The normalized spacial score (nSPS) is 40.2. The van der Waals surface area contributed by atoms with E-state index in [0.717, 1.165) is 12.8 Å². The van der Waals surface area contributed by atoms with Gasteiger partial charge in [-0.15, -0.1) is 18.0 Å². The summed E-state index contributed by atoms with van der Waals surface area (Å²) in [5, 5.41) is 9.82. The number of ether oxygens (including phenoxy) is 2. The molecule has 1 N–H and O–H groups in total. The predicted octanol–water partition coefficient (Wildman–Crippen LogP) is 2.63. The monoisotopic (exact) mass is 362 g/mol. The molecule has 2 rings (SSSR count). The summed E-state index contributed by atoms with van der Waals surface area (Å²) in [6.45, 7) is 2.08. The van der Waals surface area contributed by atoms with Crippen LogP contribution in [0, 0.1) is 12.3 Å². The van der Waals surface area contributed by atoms with Gasteiger partial charge in [-0.2, -0.15) is 0 Å². The van der Waals surface area contributed by atoms with Crippen molar-refractivity contribution in [2.24, 2.45) is 0 Å². The lowest BCUT2D eigenvalue weighted by atomic mass is 9.98. The third kappa shape index (κ3) is 3.99. The zero-order chi connectivity index (χ0) is 14.7. The Bertz CT molecular complexity index is 395. The Labute approximate surface area is 133 Å². The van der Waals surface area contributed by atoms with Gasteiger partial charge in [0.05, 0.1) is 29.8 Å². The SMILES string of the molecule is C#C/C=C\[C@@H](Cl)[C@H](O)[C@H]1C[C@H]2O[C@H]2C[C@H](Br)[C@@H](CC)O1. The number of rotatable bonds is 4. The molecule has 0 aromatic rings. The van der Waals surface area contributed by atoms with E-state index in [9.17, 15) is 5.11 Å². The quantitative estimate of drug-likeness (QED) is 0.474. The highest BCUT2D eigenvalue weighted by Crippen LogP contribution is 2.38. The average molecular weight is 364 g/mol. The number of aliphatic hydroxyl groups is 1. The van der Waals surface area contributed by atoms with Crippen LogP contribution in [0.15, 0.2) is 12.2 Å². The highest BCUT2D eigenvalue weighted by molar-refractivity contribution is 9.09. The van der Waals surface area contributed by atoms with Crippen molar-refractivity contribution in [1.29, 1.82) is 0 Å². The fourth-order valence-electron chi connectivity index (χ4n) is 2.60. The van der Waals surface area contributed by atoms with Crippen molar-refractivity contribution in [3.63, 3.8) is 0 Å². The zero-order valence-electron chi connectivity index (χ0n) is 11.4. The molecule has 2 aliphatic heterocycles. The zero-order valence-corrected chi connectivity index (χ0v) is 13.8. The first-order valence-corrected chi connectivity index (χ1v) is 8.32. The van der Waals surface area contributed by atoms with Gasteiger partial charge in [0.1, 0.15) is 6.10 Å². The van der Waals surface area contributed by atoms with E-state index in [4.69, 9.17) is 27.5 Å². The minimum absolute atomic E-state index is 0.0558. The molecule has 0 aromatic carbocycles. The molecule has 3 nitrogen and oxygen atoms in total. The van der Waals surface area contributed by atoms with Gasteiger partial charge in [0.15, 0.2) is 0 Å². The Kier molecular flexibility index (Phi) is 5.95. The van der Waals surface area contributed by atoms with Gasteiger partial charge in [-0.3, -0.25) is 0 Å². The molecule has 2 saturated heterocycles. The van der Waals surface area contributed by atoms with Crippen LogP contribution in [0.3, 0.4) is 0 Å². The summed E-state index contributed by atoms with van der Waals surface area (Å²) in [5.74, 6) is 2.37. The summed E-state index contributed by atoms with van der Waals surface area (Å²) >= 11 is 9.82. The van der Waals surface area contributed by atoms with Crippen molar-refractivity contribution >= 4 is 27.5 Å². The minimum atomic E-state index is -0.794. The van der Waals surface area contributed by atoms with E-state index < -0.39 is 11.5 Å². The number of hydrogen-bond acceptors (Lipinski definition) is 3. The van der Waals surface area contributed by atoms with Crippen molar-refractivity contribution in [2.75, 3.05) is 0 Å². The van der Waals surface area contributed by atoms with Crippen molar-refractivity contribution in [1.82, 2.24) is 0 Å². The van der Waals surface area contributed by atoms with Crippen molar-refractivity contribution < 1.29 is 14.6 Å². The number of alkyl halides is 2. The second-order valence-electron chi connectivity index (χ2n) is 5.28. The molecule has 20 heavy (non-hydrogen) atoms. The lowest BCUT2D eigenvalue weighted by Crippen LogP contribution is -2.42. The molecule has 112 valence electrons. The topological polar surface area (TPSA) is 42.0 Å². The summed E-state index contributed by atoms with van der Waals surface area (Å²) in [7, 11) is 0. The Morgan fingerprint density at radius 3 is 2.80 bits per heavy atom. The second-order valence-corrected chi connectivity index (χ2v) is 6.96. The Morgan fingerprint density at radius 1 is 1.45 bits per heavy atom. The average Bonchev–Trinajstić information content (AvgIpc) is 3.14. The number of epoxide rings is 1. The largest absolute Gasteiger partial charge is 0.389 e. The molecule has 0 radical (unpaired) electrons. The first kappa shape index (κ1) is 16.3. The van der Waals surface area contributed by atoms with Gasteiger partial charge in [-0.1, -0.05) is 34.9 Å². The van der Waals surface area contributed by atoms with Crippen LogP contribution in [0.1, 0.15) is 26.2 Å². The first-order chi connectivity index (χ1) is 9.56. The fraction of sp³-hybridized carbons (Fsp3) is 0.733. The van der Waals surface area contributed by atoms with Crippen LogP contribution in [0.25, 0.3) is 0 Å². The molecule has 0 unspecified atom stereocenters. The molecule has 2 aliphatic rings. The minimum Gasteiger partial charge on any atom is -0.389 e. The maximum absolute atomic E-state index is 10.4. The smallest absolute Gasteiger partial charge is 0.100 e. The molecule has 0 spiro atoms. The predicted molar refractivity (Wildman–Crippen MR) is 83.2 cm³/mol. The van der Waals surface area contributed by atoms with Gasteiger partial charge < -0.3 is 14.6 Å². The summed E-state index contributed by atoms with van der Waals surface area (Å²) in [4.78, 5) is 0.243. The van der Waals surface area contributed by atoms with Crippen molar-refractivity contribution in [2.45, 2.75) is 66.9 Å². The number of aliphatic hydroxyl groups excluding tert-OH is 1. The Hall–Kier alpha value is -0.0500. The number of halogens is 2. The van der Waals surface area contributed by atoms with Crippen molar-refractivity contribution in [3.05, 3.63) is 12.2 Å². The third-order valence-corrected chi connectivity index (χ3v) is 5.22. The molecule has 0 amide bonds. The second kappa shape index (κ2) is 7.29. The molecule has 7 atom stereocenters. The van der Waals surface area contributed by atoms with E-state index in [1.165, 1.54) is 6.08 Å². The standard InChI is InChI=1S/C15H20BrClO3/c1-3-5-6-10(17)15(18)14-8-13-12(20-13)7-9(16)11(4-2)19-14/h1,5-6,9-15,18H,4,7-8H2,2H3/b6-5-/t9-,10+,11+,12-,13+,14+,15-/m0/s1. The van der Waals surface area contributed by atoms with Gasteiger partial charge in [0.2, 0.25) is 0 Å². The van der Waals surface area contributed by atoms with Crippen LogP contribution in [0.2, 0.25) is 0 Å². The summed E-state index contributed by atoms with van der Waals surface area (Å²) in [5.41, 5.74) is 0. The molecule has 0 saturated carbocycles. The van der Waals surface area contributed by atoms with Gasteiger partial charge in [0.25, 0.3) is 0 Å². The molecule has 2 fully saturated rings. The van der Waals surface area contributed by atoms with Crippen LogP contribution in [0.4, 0.5) is 0 Å². The van der Waals surface area contributed by atoms with Gasteiger partial charge >= 0.3 is 0 Å². The third-order valence-electron chi connectivity index (χ3n) is 3.85. The van der Waals surface area contributed by atoms with Crippen LogP contribution in [0.5, 0.6) is 0 Å². The van der Waals surface area contributed by atoms with E-state index in [1.807, 2.05) is 0 Å². The highest BCUT2D eigenvalue weighted by atomic mass is 79.9. The van der Waals surface area contributed by atoms with Crippen LogP contribution >= 0.6 is 27.5 Å². The molecular weight excluding hydrogens is 344 g/mol. The molecule has 5 heteroatoms. The molecule has 0 bridgehead atoms. The van der Waals surface area contributed by atoms with Gasteiger partial charge in [0, 0.05) is 11.2 Å². The Morgan fingerprint density at radius 2 is 2.15 bits per heavy atom. The number of allylic oxidation sites excluding steroid dienone is 1. The lowest BCUT2D eigenvalue weighted by Gasteiger charge is -2.32. The van der Waals surface area contributed by atoms with Gasteiger partial charge in [-0.05, 0) is 18.9 Å². The van der Waals surface area contributed by atoms with Crippen molar-refractivity contribution in [3.8, 4) is 12.3 Å². The van der Waals surface area contributed by atoms with E-state index in [-0.39, 0.29) is 29.2 Å². The molecule has 0 aliphatic carbocycles. The fourth-order valence-corrected chi connectivity index (χ4v) is 3.70. The van der Waals surface area contributed by atoms with Crippen LogP contribution in [-0.4, -0.2) is 45.8 Å². The Balaban J connectivity index is 2.04. The maximum Gasteiger partial charge on any atom is 0.100 e. The summed E-state index contributed by atoms with van der Waals surface area (Å²) in [6, 6.07) is 0. The number of fused-ring (bicyclic) bond motifs is 1. The maximum atomic E-state index is 10.4. The number of terminal acetylenes is 1. The van der Waals surface area contributed by atoms with E-state index in [0.29, 0.717) is 6.42 Å². The molecular formula is C15H20BrClO3. The van der Waals surface area contributed by atoms with E-state index >= 15 is 0 Å². The highest BCUT2D eigenvalue weighted by Gasteiger charge is 2.47. The number of hydrogen-bond donors (Lipinski definition) is 1. The summed E-state index contributed by atoms with van der Waals surface area (Å²) in [6.07, 6.45) is 10.2. The molecule has 2 heterocycles. The summed E-state index contributed by atoms with van der Waals surface area (Å²) < 4.78 is 11.7.